The predicted octanol–water partition coefficient (Wildman–Crippen LogP) is 3.88. The van der Waals surface area contributed by atoms with Crippen molar-refractivity contribution in [1.29, 1.82) is 0 Å². The van der Waals surface area contributed by atoms with E-state index in [0.29, 0.717) is 11.4 Å². The number of rotatable bonds is 3. The van der Waals surface area contributed by atoms with E-state index in [4.69, 9.17) is 0 Å². The van der Waals surface area contributed by atoms with Gasteiger partial charge >= 0.3 is 0 Å². The number of halogens is 2. The van der Waals surface area contributed by atoms with E-state index in [1.54, 1.807) is 12.1 Å². The molecular formula is C14H15BrFN3. The van der Waals surface area contributed by atoms with Gasteiger partial charge in [0.2, 0.25) is 0 Å². The first-order valence-corrected chi connectivity index (χ1v) is 6.77. The second-order valence-electron chi connectivity index (χ2n) is 4.40. The van der Waals surface area contributed by atoms with Crippen molar-refractivity contribution < 1.29 is 4.39 Å². The maximum atomic E-state index is 13.8. The number of benzene rings is 1. The Labute approximate surface area is 120 Å². The van der Waals surface area contributed by atoms with Crippen molar-refractivity contribution in [2.75, 3.05) is 11.9 Å². The zero-order valence-electron chi connectivity index (χ0n) is 11.1. The highest BCUT2D eigenvalue weighted by atomic mass is 79.9. The first-order valence-electron chi connectivity index (χ1n) is 5.97. The lowest BCUT2D eigenvalue weighted by Gasteiger charge is -2.26. The number of anilines is 1. The van der Waals surface area contributed by atoms with E-state index in [1.165, 1.54) is 6.07 Å². The van der Waals surface area contributed by atoms with Gasteiger partial charge in [-0.15, -0.1) is 0 Å². The molecule has 2 aromatic rings. The summed E-state index contributed by atoms with van der Waals surface area (Å²) in [5.41, 5.74) is 0.650. The van der Waals surface area contributed by atoms with E-state index < -0.39 is 0 Å². The van der Waals surface area contributed by atoms with Gasteiger partial charge in [0.25, 0.3) is 0 Å². The molecule has 0 aliphatic carbocycles. The molecular weight excluding hydrogens is 309 g/mol. The van der Waals surface area contributed by atoms with Gasteiger partial charge in [-0.3, -0.25) is 0 Å². The molecule has 0 bridgehead atoms. The third kappa shape index (κ3) is 3.10. The molecule has 0 radical (unpaired) electrons. The summed E-state index contributed by atoms with van der Waals surface area (Å²) in [6, 6.07) is 8.51. The second kappa shape index (κ2) is 5.65. The van der Waals surface area contributed by atoms with Crippen LogP contribution in [0.5, 0.6) is 0 Å². The molecule has 0 saturated carbocycles. The number of aryl methyl sites for hydroxylation is 1. The van der Waals surface area contributed by atoms with E-state index in [0.717, 1.165) is 10.4 Å². The van der Waals surface area contributed by atoms with E-state index >= 15 is 0 Å². The van der Waals surface area contributed by atoms with Crippen LogP contribution in [0.4, 0.5) is 10.2 Å². The minimum absolute atomic E-state index is 0.109. The quantitative estimate of drug-likeness (QED) is 0.802. The van der Waals surface area contributed by atoms with Crippen LogP contribution in [0.25, 0.3) is 0 Å². The summed E-state index contributed by atoms with van der Waals surface area (Å²) in [6.45, 7) is 3.78. The van der Waals surface area contributed by atoms with Gasteiger partial charge in [-0.2, -0.15) is 0 Å². The summed E-state index contributed by atoms with van der Waals surface area (Å²) in [4.78, 5) is 10.5. The van der Waals surface area contributed by atoms with Crippen LogP contribution in [0.2, 0.25) is 0 Å². The average molecular weight is 324 g/mol. The lowest BCUT2D eigenvalue weighted by molar-refractivity contribution is 0.584. The van der Waals surface area contributed by atoms with Gasteiger partial charge in [0, 0.05) is 18.7 Å². The van der Waals surface area contributed by atoms with Crippen molar-refractivity contribution in [3.8, 4) is 0 Å². The maximum absolute atomic E-state index is 13.8. The van der Waals surface area contributed by atoms with Crippen molar-refractivity contribution >= 4 is 21.7 Å². The maximum Gasteiger partial charge on any atom is 0.133 e. The van der Waals surface area contributed by atoms with E-state index in [2.05, 4.69) is 25.9 Å². The second-order valence-corrected chi connectivity index (χ2v) is 5.22. The molecule has 0 saturated heterocycles. The largest absolute Gasteiger partial charge is 0.353 e. The van der Waals surface area contributed by atoms with Crippen LogP contribution in [0.3, 0.4) is 0 Å². The van der Waals surface area contributed by atoms with Crippen molar-refractivity contribution in [3.05, 3.63) is 52.1 Å². The molecule has 0 amide bonds. The molecule has 1 aromatic carbocycles. The minimum Gasteiger partial charge on any atom is -0.353 e. The van der Waals surface area contributed by atoms with Crippen molar-refractivity contribution in [1.82, 2.24) is 9.97 Å². The third-order valence-electron chi connectivity index (χ3n) is 3.09. The van der Waals surface area contributed by atoms with Crippen LogP contribution in [0, 0.1) is 12.7 Å². The summed E-state index contributed by atoms with van der Waals surface area (Å²) in [5.74, 6) is 1.23. The average Bonchev–Trinajstić information content (AvgIpc) is 2.36. The molecule has 0 aliphatic rings. The van der Waals surface area contributed by atoms with Crippen molar-refractivity contribution in [3.63, 3.8) is 0 Å². The first-order chi connectivity index (χ1) is 8.99. The number of aromatic nitrogens is 2. The molecule has 19 heavy (non-hydrogen) atoms. The standard InChI is InChI=1S/C14H15BrFN3/c1-9(11-6-4-5-7-12(11)16)19(3)14-8-13(15)17-10(2)18-14/h4-9H,1-3H3. The van der Waals surface area contributed by atoms with Crippen LogP contribution in [0.15, 0.2) is 34.9 Å². The lowest BCUT2D eigenvalue weighted by Crippen LogP contribution is -2.23. The highest BCUT2D eigenvalue weighted by molar-refractivity contribution is 9.10. The smallest absolute Gasteiger partial charge is 0.133 e. The molecule has 1 heterocycles. The predicted molar refractivity (Wildman–Crippen MR) is 77.7 cm³/mol. The van der Waals surface area contributed by atoms with E-state index in [-0.39, 0.29) is 11.9 Å². The Hall–Kier alpha value is -1.49. The molecule has 5 heteroatoms. The Kier molecular flexibility index (Phi) is 4.14. The Morgan fingerprint density at radius 2 is 1.95 bits per heavy atom. The molecule has 0 spiro atoms. The van der Waals surface area contributed by atoms with Gasteiger partial charge in [-0.05, 0) is 35.8 Å². The SMILES string of the molecule is Cc1nc(Br)cc(N(C)C(C)c2ccccc2F)n1. The summed E-state index contributed by atoms with van der Waals surface area (Å²) >= 11 is 3.35. The molecule has 0 aliphatic heterocycles. The fraction of sp³-hybridized carbons (Fsp3) is 0.286. The number of nitrogens with zero attached hydrogens (tertiary/aromatic N) is 3. The lowest BCUT2D eigenvalue weighted by atomic mass is 10.1. The monoisotopic (exact) mass is 323 g/mol. The molecule has 1 atom stereocenters. The van der Waals surface area contributed by atoms with E-state index in [1.807, 2.05) is 37.9 Å². The molecule has 2 rings (SSSR count). The molecule has 100 valence electrons. The third-order valence-corrected chi connectivity index (χ3v) is 3.50. The van der Waals surface area contributed by atoms with Gasteiger partial charge in [0.05, 0.1) is 6.04 Å². The Morgan fingerprint density at radius 1 is 1.26 bits per heavy atom. The molecule has 1 aromatic heterocycles. The Balaban J connectivity index is 2.33. The van der Waals surface area contributed by atoms with Gasteiger partial charge in [0.1, 0.15) is 22.1 Å². The summed E-state index contributed by atoms with van der Waals surface area (Å²) in [7, 11) is 1.89. The van der Waals surface area contributed by atoms with E-state index in [9.17, 15) is 4.39 Å². The van der Waals surface area contributed by atoms with Crippen molar-refractivity contribution in [2.45, 2.75) is 19.9 Å². The zero-order chi connectivity index (χ0) is 14.0. The van der Waals surface area contributed by atoms with Crippen LogP contribution in [-0.2, 0) is 0 Å². The normalized spacial score (nSPS) is 12.3. The Morgan fingerprint density at radius 3 is 2.58 bits per heavy atom. The van der Waals surface area contributed by atoms with Crippen molar-refractivity contribution in [2.24, 2.45) is 0 Å². The summed E-state index contributed by atoms with van der Waals surface area (Å²) in [5, 5.41) is 0. The van der Waals surface area contributed by atoms with Gasteiger partial charge in [-0.25, -0.2) is 14.4 Å². The minimum atomic E-state index is -0.202. The van der Waals surface area contributed by atoms with Gasteiger partial charge < -0.3 is 4.90 Å². The van der Waals surface area contributed by atoms with Crippen LogP contribution >= 0.6 is 15.9 Å². The topological polar surface area (TPSA) is 29.0 Å². The summed E-state index contributed by atoms with van der Waals surface area (Å²) < 4.78 is 14.5. The van der Waals surface area contributed by atoms with Crippen LogP contribution in [-0.4, -0.2) is 17.0 Å². The van der Waals surface area contributed by atoms with Gasteiger partial charge in [0.15, 0.2) is 0 Å². The van der Waals surface area contributed by atoms with Crippen LogP contribution in [0.1, 0.15) is 24.4 Å². The Bertz CT molecular complexity index is 568. The zero-order valence-corrected chi connectivity index (χ0v) is 12.6. The highest BCUT2D eigenvalue weighted by Gasteiger charge is 2.17. The first kappa shape index (κ1) is 13.9. The number of hydrogen-bond acceptors (Lipinski definition) is 3. The summed E-state index contributed by atoms with van der Waals surface area (Å²) in [6.07, 6.45) is 0. The highest BCUT2D eigenvalue weighted by Crippen LogP contribution is 2.26. The fourth-order valence-corrected chi connectivity index (χ4v) is 2.38. The molecule has 1 unspecified atom stereocenters. The van der Waals surface area contributed by atoms with Crippen LogP contribution < -0.4 is 4.90 Å². The molecule has 0 N–H and O–H groups in total. The molecule has 0 fully saturated rings. The number of hydrogen-bond donors (Lipinski definition) is 0. The fourth-order valence-electron chi connectivity index (χ4n) is 1.92. The van der Waals surface area contributed by atoms with Gasteiger partial charge in [-0.1, -0.05) is 18.2 Å². The molecule has 3 nitrogen and oxygen atoms in total.